The number of hydrogen-bond acceptors (Lipinski definition) is 7. The summed E-state index contributed by atoms with van der Waals surface area (Å²) in [6.07, 6.45) is 0.469. The first-order chi connectivity index (χ1) is 7.94. The van der Waals surface area contributed by atoms with Gasteiger partial charge in [-0.1, -0.05) is 18.7 Å². The van der Waals surface area contributed by atoms with Gasteiger partial charge in [-0.2, -0.15) is 5.26 Å². The molecule has 0 aromatic rings. The molecule has 1 aliphatic heterocycles. The number of nitrogens with one attached hydrogen (secondary N) is 1. The van der Waals surface area contributed by atoms with E-state index in [1.54, 1.807) is 0 Å². The van der Waals surface area contributed by atoms with Crippen LogP contribution in [0.25, 0.3) is 0 Å². The summed E-state index contributed by atoms with van der Waals surface area (Å²) >= 11 is 0.870. The second-order valence-electron chi connectivity index (χ2n) is 2.99. The molecule has 0 saturated carbocycles. The zero-order valence-corrected chi connectivity index (χ0v) is 10.8. The highest BCUT2D eigenvalue weighted by molar-refractivity contribution is 8.15. The van der Waals surface area contributed by atoms with Crippen molar-refractivity contribution in [1.29, 1.82) is 5.26 Å². The van der Waals surface area contributed by atoms with E-state index in [4.69, 9.17) is 5.26 Å². The second-order valence-corrected chi connectivity index (χ2v) is 6.76. The third-order valence-corrected chi connectivity index (χ3v) is 5.63. The number of nitrogens with zero attached hydrogens (tertiary/aromatic N) is 2. The predicted molar refractivity (Wildman–Crippen MR) is 61.9 cm³/mol. The van der Waals surface area contributed by atoms with Crippen molar-refractivity contribution in [3.63, 3.8) is 0 Å². The molecule has 0 saturated heterocycles. The van der Waals surface area contributed by atoms with Gasteiger partial charge in [0.15, 0.2) is 9.84 Å². The summed E-state index contributed by atoms with van der Waals surface area (Å²) in [7, 11) is -2.27. The van der Waals surface area contributed by atoms with Crippen LogP contribution in [0.2, 0.25) is 0 Å². The van der Waals surface area contributed by atoms with Crippen molar-refractivity contribution in [3.8, 4) is 6.07 Å². The Labute approximate surface area is 103 Å². The first-order valence-corrected chi connectivity index (χ1v) is 7.17. The summed E-state index contributed by atoms with van der Waals surface area (Å²) in [5, 5.41) is 9.79. The highest BCUT2D eigenvalue weighted by Crippen LogP contribution is 2.34. The largest absolute Gasteiger partial charge is 0.452 e. The molecule has 0 radical (unpaired) electrons. The number of sulfone groups is 1. The van der Waals surface area contributed by atoms with E-state index >= 15 is 0 Å². The van der Waals surface area contributed by atoms with Crippen LogP contribution in [0, 0.1) is 11.3 Å². The second kappa shape index (κ2) is 5.29. The van der Waals surface area contributed by atoms with E-state index in [1.165, 1.54) is 13.1 Å². The van der Waals surface area contributed by atoms with Crippen LogP contribution in [-0.4, -0.2) is 37.1 Å². The molecule has 0 fully saturated rings. The van der Waals surface area contributed by atoms with Crippen molar-refractivity contribution in [2.24, 2.45) is 0 Å². The predicted octanol–water partition coefficient (Wildman–Crippen LogP) is 0.389. The Bertz CT molecular complexity index is 479. The molecule has 1 heterocycles. The SMILES string of the molecule is CCS(=O)(=O)C1SC(C#N)=CN1NC(=O)OC. The van der Waals surface area contributed by atoms with Crippen molar-refractivity contribution >= 4 is 27.7 Å². The topological polar surface area (TPSA) is 99.5 Å². The number of carbonyl (C=O) groups is 1. The molecular weight excluding hydrogens is 266 g/mol. The van der Waals surface area contributed by atoms with E-state index < -0.39 is 20.6 Å². The van der Waals surface area contributed by atoms with Crippen molar-refractivity contribution in [2.45, 2.75) is 11.6 Å². The van der Waals surface area contributed by atoms with Gasteiger partial charge in [0.05, 0.1) is 12.9 Å². The standard InChI is InChI=1S/C8H11N3O4S2/c1-3-17(13,14)8-11(10-7(12)15-2)5-6(4-9)16-8/h5,8H,3H2,1-2H3,(H,10,12). The number of methoxy groups -OCH3 is 1. The molecule has 1 amide bonds. The fourth-order valence-corrected chi connectivity index (χ4v) is 3.79. The molecule has 9 heteroatoms. The zero-order valence-electron chi connectivity index (χ0n) is 9.21. The van der Waals surface area contributed by atoms with Crippen LogP contribution in [0.1, 0.15) is 6.92 Å². The summed E-state index contributed by atoms with van der Waals surface area (Å²) in [5.74, 6) is -0.0867. The minimum Gasteiger partial charge on any atom is -0.452 e. The Morgan fingerprint density at radius 3 is 2.88 bits per heavy atom. The lowest BCUT2D eigenvalue weighted by atomic mass is 10.6. The monoisotopic (exact) mass is 277 g/mol. The van der Waals surface area contributed by atoms with Crippen LogP contribution < -0.4 is 5.43 Å². The van der Waals surface area contributed by atoms with Gasteiger partial charge in [0.25, 0.3) is 0 Å². The van der Waals surface area contributed by atoms with E-state index in [9.17, 15) is 13.2 Å². The molecule has 0 bridgehead atoms. The third kappa shape index (κ3) is 3.04. The highest BCUT2D eigenvalue weighted by atomic mass is 32.3. The van der Waals surface area contributed by atoms with Gasteiger partial charge in [-0.15, -0.1) is 0 Å². The van der Waals surface area contributed by atoms with Crippen molar-refractivity contribution in [3.05, 3.63) is 11.1 Å². The fraction of sp³-hybridized carbons (Fsp3) is 0.500. The highest BCUT2D eigenvalue weighted by Gasteiger charge is 2.36. The Balaban J connectivity index is 2.93. The molecular formula is C8H11N3O4S2. The van der Waals surface area contributed by atoms with Gasteiger partial charge < -0.3 is 4.74 Å². The van der Waals surface area contributed by atoms with Crippen LogP contribution in [0.4, 0.5) is 4.79 Å². The summed E-state index contributed by atoms with van der Waals surface area (Å²) < 4.78 is 26.8. The number of carbonyl (C=O) groups excluding carboxylic acids is 1. The normalized spacial score (nSPS) is 19.5. The maximum atomic E-state index is 11.7. The lowest BCUT2D eigenvalue weighted by molar-refractivity contribution is 0.145. The number of thioether (sulfide) groups is 1. The van der Waals surface area contributed by atoms with Gasteiger partial charge in [-0.05, 0) is 0 Å². The van der Waals surface area contributed by atoms with E-state index in [0.717, 1.165) is 23.9 Å². The van der Waals surface area contributed by atoms with Crippen LogP contribution in [0.15, 0.2) is 11.1 Å². The summed E-state index contributed by atoms with van der Waals surface area (Å²) in [6.45, 7) is 1.50. The molecule has 0 aromatic heterocycles. The zero-order chi connectivity index (χ0) is 13.1. The third-order valence-electron chi connectivity index (χ3n) is 1.94. The van der Waals surface area contributed by atoms with Crippen LogP contribution in [-0.2, 0) is 14.6 Å². The van der Waals surface area contributed by atoms with Gasteiger partial charge in [-0.3, -0.25) is 5.01 Å². The number of ether oxygens (including phenoxy) is 1. The molecule has 0 spiro atoms. The first kappa shape index (κ1) is 13.7. The summed E-state index contributed by atoms with van der Waals surface area (Å²) in [6, 6.07) is 1.84. The molecule has 17 heavy (non-hydrogen) atoms. The summed E-state index contributed by atoms with van der Waals surface area (Å²) in [5.41, 5.74) is 2.23. The van der Waals surface area contributed by atoms with Crippen molar-refractivity contribution in [2.75, 3.05) is 12.9 Å². The lowest BCUT2D eigenvalue weighted by Crippen LogP contribution is -2.45. The average Bonchev–Trinajstić information content (AvgIpc) is 2.72. The van der Waals surface area contributed by atoms with E-state index in [0.29, 0.717) is 0 Å². The van der Waals surface area contributed by atoms with Crippen LogP contribution in [0.3, 0.4) is 0 Å². The van der Waals surface area contributed by atoms with E-state index in [2.05, 4.69) is 10.2 Å². The number of hydrogen-bond donors (Lipinski definition) is 1. The van der Waals surface area contributed by atoms with Gasteiger partial charge in [0.1, 0.15) is 11.0 Å². The Morgan fingerprint density at radius 1 is 1.76 bits per heavy atom. The Morgan fingerprint density at radius 2 is 2.41 bits per heavy atom. The molecule has 1 N–H and O–H groups in total. The number of amides is 1. The molecule has 1 unspecified atom stereocenters. The molecule has 7 nitrogen and oxygen atoms in total. The lowest BCUT2D eigenvalue weighted by Gasteiger charge is -2.23. The molecule has 0 aromatic carbocycles. The minimum atomic E-state index is -3.43. The number of rotatable bonds is 3. The molecule has 0 aliphatic carbocycles. The fourth-order valence-electron chi connectivity index (χ4n) is 1.06. The molecule has 1 aliphatic rings. The van der Waals surface area contributed by atoms with Gasteiger partial charge in [-0.25, -0.2) is 18.6 Å². The number of allylic oxidation sites excluding steroid dienone is 1. The summed E-state index contributed by atoms with van der Waals surface area (Å²) in [4.78, 5) is 11.2. The van der Waals surface area contributed by atoms with Crippen molar-refractivity contribution < 1.29 is 17.9 Å². The maximum absolute atomic E-state index is 11.7. The Kier molecular flexibility index (Phi) is 4.25. The van der Waals surface area contributed by atoms with Crippen molar-refractivity contribution in [1.82, 2.24) is 10.4 Å². The number of nitriles is 1. The quantitative estimate of drug-likeness (QED) is 0.796. The Hall–Kier alpha value is -1.40. The molecule has 1 rings (SSSR count). The van der Waals surface area contributed by atoms with Gasteiger partial charge >= 0.3 is 6.09 Å². The average molecular weight is 277 g/mol. The number of hydrazine groups is 1. The molecule has 94 valence electrons. The van der Waals surface area contributed by atoms with Crippen LogP contribution >= 0.6 is 11.8 Å². The maximum Gasteiger partial charge on any atom is 0.425 e. The van der Waals surface area contributed by atoms with E-state index in [1.807, 2.05) is 6.07 Å². The van der Waals surface area contributed by atoms with Gasteiger partial charge in [0.2, 0.25) is 4.71 Å². The molecule has 1 atom stereocenters. The van der Waals surface area contributed by atoms with E-state index in [-0.39, 0.29) is 10.7 Å². The smallest absolute Gasteiger partial charge is 0.425 e. The first-order valence-electron chi connectivity index (χ1n) is 4.57. The van der Waals surface area contributed by atoms with Crippen LogP contribution in [0.5, 0.6) is 0 Å². The minimum absolute atomic E-state index is 0.0867. The van der Waals surface area contributed by atoms with Gasteiger partial charge in [0, 0.05) is 6.20 Å².